The van der Waals surface area contributed by atoms with Gasteiger partial charge in [-0.2, -0.15) is 5.10 Å². The van der Waals surface area contributed by atoms with Crippen LogP contribution in [0.5, 0.6) is 0 Å². The molecule has 0 aliphatic carbocycles. The summed E-state index contributed by atoms with van der Waals surface area (Å²) < 4.78 is 1.67. The lowest BCUT2D eigenvalue weighted by Crippen LogP contribution is -1.99. The van der Waals surface area contributed by atoms with Gasteiger partial charge in [-0.05, 0) is 24.6 Å². The van der Waals surface area contributed by atoms with Crippen molar-refractivity contribution in [3.63, 3.8) is 0 Å². The molecule has 0 saturated carbocycles. The van der Waals surface area contributed by atoms with Crippen molar-refractivity contribution in [2.45, 2.75) is 13.0 Å². The second-order valence-electron chi connectivity index (χ2n) is 3.08. The van der Waals surface area contributed by atoms with E-state index in [2.05, 4.69) is 10.1 Å². The minimum atomic E-state index is -0.478. The fourth-order valence-corrected chi connectivity index (χ4v) is 1.18. The number of hydrogen-bond acceptors (Lipinski definition) is 3. The number of aliphatic hydroxyl groups excluding tert-OH is 1. The molecular weight excluding hydrogens is 178 g/mol. The average Bonchev–Trinajstić information content (AvgIpc) is 2.71. The van der Waals surface area contributed by atoms with Crippen LogP contribution < -0.4 is 0 Å². The molecule has 4 nitrogen and oxygen atoms in total. The van der Waals surface area contributed by atoms with E-state index in [1.165, 1.54) is 0 Å². The van der Waals surface area contributed by atoms with Crippen LogP contribution in [0.3, 0.4) is 0 Å². The summed E-state index contributed by atoms with van der Waals surface area (Å²) in [6.45, 7) is 1.71. The normalized spacial score (nSPS) is 12.7. The van der Waals surface area contributed by atoms with Gasteiger partial charge >= 0.3 is 0 Å². The molecular formula is C10H11N3O. The molecule has 0 saturated heterocycles. The van der Waals surface area contributed by atoms with Crippen molar-refractivity contribution in [3.8, 4) is 5.82 Å². The quantitative estimate of drug-likeness (QED) is 0.775. The summed E-state index contributed by atoms with van der Waals surface area (Å²) in [7, 11) is 0. The van der Waals surface area contributed by atoms with Crippen molar-refractivity contribution in [3.05, 3.63) is 42.4 Å². The van der Waals surface area contributed by atoms with E-state index >= 15 is 0 Å². The van der Waals surface area contributed by atoms with Gasteiger partial charge in [0.25, 0.3) is 0 Å². The Morgan fingerprint density at radius 2 is 2.29 bits per heavy atom. The fourth-order valence-electron chi connectivity index (χ4n) is 1.18. The molecule has 2 heterocycles. The first kappa shape index (κ1) is 8.90. The molecule has 1 atom stereocenters. The van der Waals surface area contributed by atoms with Crippen molar-refractivity contribution < 1.29 is 5.11 Å². The number of aromatic nitrogens is 3. The minimum absolute atomic E-state index is 0.478. The highest BCUT2D eigenvalue weighted by Crippen LogP contribution is 2.11. The van der Waals surface area contributed by atoms with Gasteiger partial charge in [-0.25, -0.2) is 9.67 Å². The van der Waals surface area contributed by atoms with Gasteiger partial charge < -0.3 is 5.11 Å². The lowest BCUT2D eigenvalue weighted by molar-refractivity contribution is 0.199. The number of pyridine rings is 1. The molecule has 0 fully saturated rings. The predicted octanol–water partition coefficient (Wildman–Crippen LogP) is 1.32. The molecule has 0 aromatic carbocycles. The maximum atomic E-state index is 9.28. The van der Waals surface area contributed by atoms with E-state index in [0.717, 1.165) is 11.4 Å². The Hall–Kier alpha value is -1.68. The third-order valence-electron chi connectivity index (χ3n) is 1.99. The minimum Gasteiger partial charge on any atom is -0.389 e. The van der Waals surface area contributed by atoms with E-state index in [1.807, 2.05) is 24.4 Å². The Labute approximate surface area is 81.8 Å². The van der Waals surface area contributed by atoms with Gasteiger partial charge in [-0.1, -0.05) is 6.07 Å². The number of aliphatic hydroxyl groups is 1. The second-order valence-corrected chi connectivity index (χ2v) is 3.08. The predicted molar refractivity (Wildman–Crippen MR) is 52.0 cm³/mol. The fraction of sp³-hybridized carbons (Fsp3) is 0.200. The molecule has 0 spiro atoms. The van der Waals surface area contributed by atoms with Crippen LogP contribution >= 0.6 is 0 Å². The molecule has 1 N–H and O–H groups in total. The second kappa shape index (κ2) is 3.59. The van der Waals surface area contributed by atoms with E-state index in [-0.39, 0.29) is 0 Å². The Kier molecular flexibility index (Phi) is 2.28. The first-order chi connectivity index (χ1) is 6.77. The van der Waals surface area contributed by atoms with E-state index in [0.29, 0.717) is 0 Å². The Morgan fingerprint density at radius 3 is 2.79 bits per heavy atom. The highest BCUT2D eigenvalue weighted by molar-refractivity contribution is 5.25. The highest BCUT2D eigenvalue weighted by atomic mass is 16.3. The van der Waals surface area contributed by atoms with Crippen LogP contribution in [0.25, 0.3) is 5.82 Å². The first-order valence-corrected chi connectivity index (χ1v) is 4.41. The van der Waals surface area contributed by atoms with Crippen molar-refractivity contribution >= 4 is 0 Å². The SMILES string of the molecule is CC(O)c1ccc(-n2cccn2)nc1. The van der Waals surface area contributed by atoms with Crippen LogP contribution in [0.1, 0.15) is 18.6 Å². The summed E-state index contributed by atoms with van der Waals surface area (Å²) in [5.74, 6) is 0.749. The monoisotopic (exact) mass is 189 g/mol. The van der Waals surface area contributed by atoms with Gasteiger partial charge in [-0.3, -0.25) is 0 Å². The highest BCUT2D eigenvalue weighted by Gasteiger charge is 2.02. The zero-order valence-corrected chi connectivity index (χ0v) is 7.83. The molecule has 0 aliphatic rings. The third-order valence-corrected chi connectivity index (χ3v) is 1.99. The summed E-state index contributed by atoms with van der Waals surface area (Å²) >= 11 is 0. The summed E-state index contributed by atoms with van der Waals surface area (Å²) in [4.78, 5) is 4.18. The average molecular weight is 189 g/mol. The maximum Gasteiger partial charge on any atom is 0.153 e. The summed E-state index contributed by atoms with van der Waals surface area (Å²) in [5, 5.41) is 13.3. The zero-order valence-electron chi connectivity index (χ0n) is 7.83. The van der Waals surface area contributed by atoms with Crippen molar-refractivity contribution in [1.82, 2.24) is 14.8 Å². The van der Waals surface area contributed by atoms with Crippen molar-refractivity contribution in [2.75, 3.05) is 0 Å². The number of nitrogens with zero attached hydrogens (tertiary/aromatic N) is 3. The van der Waals surface area contributed by atoms with Gasteiger partial charge in [0.05, 0.1) is 6.10 Å². The van der Waals surface area contributed by atoms with Gasteiger partial charge in [0.2, 0.25) is 0 Å². The molecule has 0 amide bonds. The van der Waals surface area contributed by atoms with Crippen LogP contribution in [-0.4, -0.2) is 19.9 Å². The van der Waals surface area contributed by atoms with Crippen molar-refractivity contribution in [2.24, 2.45) is 0 Å². The van der Waals surface area contributed by atoms with Gasteiger partial charge in [0.15, 0.2) is 5.82 Å². The Morgan fingerprint density at radius 1 is 1.43 bits per heavy atom. The topological polar surface area (TPSA) is 50.9 Å². The van der Waals surface area contributed by atoms with Crippen LogP contribution in [0.2, 0.25) is 0 Å². The number of hydrogen-bond donors (Lipinski definition) is 1. The molecule has 0 bridgehead atoms. The van der Waals surface area contributed by atoms with E-state index < -0.39 is 6.10 Å². The molecule has 0 radical (unpaired) electrons. The van der Waals surface area contributed by atoms with Crippen molar-refractivity contribution in [1.29, 1.82) is 0 Å². The molecule has 72 valence electrons. The molecule has 2 aromatic heterocycles. The lowest BCUT2D eigenvalue weighted by Gasteiger charge is -2.04. The lowest BCUT2D eigenvalue weighted by atomic mass is 10.2. The molecule has 2 rings (SSSR count). The van der Waals surface area contributed by atoms with Gasteiger partial charge in [0.1, 0.15) is 0 Å². The molecule has 14 heavy (non-hydrogen) atoms. The Balaban J connectivity index is 2.31. The molecule has 4 heteroatoms. The van der Waals surface area contributed by atoms with Crippen LogP contribution in [0, 0.1) is 0 Å². The van der Waals surface area contributed by atoms with E-state index in [4.69, 9.17) is 0 Å². The van der Waals surface area contributed by atoms with E-state index in [9.17, 15) is 5.11 Å². The summed E-state index contributed by atoms with van der Waals surface area (Å²) in [5.41, 5.74) is 0.806. The van der Waals surface area contributed by atoms with Crippen LogP contribution in [0.15, 0.2) is 36.8 Å². The molecule has 0 aliphatic heterocycles. The smallest absolute Gasteiger partial charge is 0.153 e. The molecule has 1 unspecified atom stereocenters. The van der Waals surface area contributed by atoms with Crippen LogP contribution in [-0.2, 0) is 0 Å². The summed E-state index contributed by atoms with van der Waals surface area (Å²) in [6.07, 6.45) is 4.70. The zero-order chi connectivity index (χ0) is 9.97. The largest absolute Gasteiger partial charge is 0.389 e. The summed E-state index contributed by atoms with van der Waals surface area (Å²) in [6, 6.07) is 5.51. The third kappa shape index (κ3) is 1.65. The first-order valence-electron chi connectivity index (χ1n) is 4.41. The standard InChI is InChI=1S/C10H11N3O/c1-8(14)9-3-4-10(11-7-9)13-6-2-5-12-13/h2-8,14H,1H3. The Bertz CT molecular complexity index is 392. The van der Waals surface area contributed by atoms with Gasteiger partial charge in [0, 0.05) is 18.6 Å². The van der Waals surface area contributed by atoms with Crippen LogP contribution in [0.4, 0.5) is 0 Å². The van der Waals surface area contributed by atoms with Gasteiger partial charge in [-0.15, -0.1) is 0 Å². The maximum absolute atomic E-state index is 9.28. The number of rotatable bonds is 2. The molecule has 2 aromatic rings. The van der Waals surface area contributed by atoms with E-state index in [1.54, 1.807) is 24.0 Å².